The SMILES string of the molecule is CCCNc1cc(S(=O)(=O)Nc2cn[nH]c2)ccn1. The lowest BCUT2D eigenvalue weighted by Gasteiger charge is -2.08. The lowest BCUT2D eigenvalue weighted by Crippen LogP contribution is -2.13. The number of anilines is 2. The molecule has 0 saturated heterocycles. The Hall–Kier alpha value is -2.09. The fourth-order valence-corrected chi connectivity index (χ4v) is 2.50. The Morgan fingerprint density at radius 1 is 1.42 bits per heavy atom. The third-order valence-corrected chi connectivity index (χ3v) is 3.73. The first-order valence-electron chi connectivity index (χ1n) is 5.83. The second-order valence-electron chi connectivity index (χ2n) is 3.90. The molecule has 2 aromatic rings. The molecule has 0 bridgehead atoms. The molecule has 0 aliphatic rings. The van der Waals surface area contributed by atoms with Crippen molar-refractivity contribution in [3.05, 3.63) is 30.7 Å². The van der Waals surface area contributed by atoms with Crippen LogP contribution in [-0.2, 0) is 10.0 Å². The molecule has 2 aromatic heterocycles. The summed E-state index contributed by atoms with van der Waals surface area (Å²) in [4.78, 5) is 4.22. The molecule has 0 atom stereocenters. The maximum Gasteiger partial charge on any atom is 0.262 e. The Bertz CT molecular complexity index is 624. The molecule has 0 aromatic carbocycles. The largest absolute Gasteiger partial charge is 0.370 e. The summed E-state index contributed by atoms with van der Waals surface area (Å²) in [5.41, 5.74) is 0.389. The smallest absolute Gasteiger partial charge is 0.262 e. The summed E-state index contributed by atoms with van der Waals surface area (Å²) in [6, 6.07) is 2.94. The Morgan fingerprint density at radius 3 is 2.95 bits per heavy atom. The molecule has 0 aliphatic carbocycles. The summed E-state index contributed by atoms with van der Waals surface area (Å²) in [7, 11) is -3.62. The van der Waals surface area contributed by atoms with Gasteiger partial charge >= 0.3 is 0 Å². The summed E-state index contributed by atoms with van der Waals surface area (Å²) in [6.45, 7) is 2.76. The van der Waals surface area contributed by atoms with Crippen molar-refractivity contribution >= 4 is 21.5 Å². The second kappa shape index (κ2) is 5.70. The lowest BCUT2D eigenvalue weighted by molar-refractivity contribution is 0.601. The standard InChI is InChI=1S/C11H15N5O2S/c1-2-4-12-11-6-10(3-5-13-11)19(17,18)16-9-7-14-15-8-9/h3,5-8,16H,2,4H2,1H3,(H,12,13)(H,14,15). The van der Waals surface area contributed by atoms with Crippen LogP contribution < -0.4 is 10.0 Å². The van der Waals surface area contributed by atoms with Crippen molar-refractivity contribution < 1.29 is 8.42 Å². The van der Waals surface area contributed by atoms with Crippen molar-refractivity contribution in [3.8, 4) is 0 Å². The van der Waals surface area contributed by atoms with E-state index in [0.717, 1.165) is 13.0 Å². The van der Waals surface area contributed by atoms with Crippen LogP contribution in [0.5, 0.6) is 0 Å². The number of hydrogen-bond donors (Lipinski definition) is 3. The van der Waals surface area contributed by atoms with E-state index in [1.807, 2.05) is 6.92 Å². The van der Waals surface area contributed by atoms with Crippen molar-refractivity contribution in [1.82, 2.24) is 15.2 Å². The van der Waals surface area contributed by atoms with Crippen LogP contribution in [0.2, 0.25) is 0 Å². The quantitative estimate of drug-likeness (QED) is 0.743. The predicted molar refractivity (Wildman–Crippen MR) is 72.4 cm³/mol. The molecule has 2 heterocycles. The molecule has 102 valence electrons. The molecule has 8 heteroatoms. The highest BCUT2D eigenvalue weighted by molar-refractivity contribution is 7.92. The molecule has 0 radical (unpaired) electrons. The van der Waals surface area contributed by atoms with E-state index < -0.39 is 10.0 Å². The first kappa shape index (κ1) is 13.3. The van der Waals surface area contributed by atoms with Crippen LogP contribution in [0.4, 0.5) is 11.5 Å². The Labute approximate surface area is 111 Å². The number of aromatic amines is 1. The Kier molecular flexibility index (Phi) is 4.00. The highest BCUT2D eigenvalue weighted by Gasteiger charge is 2.15. The molecule has 0 fully saturated rings. The maximum atomic E-state index is 12.1. The van der Waals surface area contributed by atoms with Gasteiger partial charge in [-0.15, -0.1) is 0 Å². The van der Waals surface area contributed by atoms with E-state index in [9.17, 15) is 8.42 Å². The van der Waals surface area contributed by atoms with Gasteiger partial charge < -0.3 is 5.32 Å². The van der Waals surface area contributed by atoms with E-state index in [4.69, 9.17) is 0 Å². The average molecular weight is 281 g/mol. The summed E-state index contributed by atoms with van der Waals surface area (Å²) in [5.74, 6) is 0.539. The number of sulfonamides is 1. The maximum absolute atomic E-state index is 12.1. The molecule has 19 heavy (non-hydrogen) atoms. The van der Waals surface area contributed by atoms with E-state index in [-0.39, 0.29) is 4.90 Å². The highest BCUT2D eigenvalue weighted by Crippen LogP contribution is 2.16. The molecular weight excluding hydrogens is 266 g/mol. The predicted octanol–water partition coefficient (Wildman–Crippen LogP) is 1.43. The van der Waals surface area contributed by atoms with Crippen LogP contribution in [0.15, 0.2) is 35.6 Å². The molecular formula is C11H15N5O2S. The van der Waals surface area contributed by atoms with Gasteiger partial charge in [-0.25, -0.2) is 13.4 Å². The van der Waals surface area contributed by atoms with Crippen molar-refractivity contribution in [3.63, 3.8) is 0 Å². The zero-order valence-electron chi connectivity index (χ0n) is 10.4. The van der Waals surface area contributed by atoms with Gasteiger partial charge in [0.15, 0.2) is 0 Å². The summed E-state index contributed by atoms with van der Waals surface area (Å²) in [6.07, 6.45) is 5.26. The van der Waals surface area contributed by atoms with Crippen LogP contribution in [0, 0.1) is 0 Å². The first-order valence-corrected chi connectivity index (χ1v) is 7.31. The van der Waals surface area contributed by atoms with Gasteiger partial charge in [-0.05, 0) is 12.5 Å². The fourth-order valence-electron chi connectivity index (χ4n) is 1.45. The van der Waals surface area contributed by atoms with Crippen LogP contribution in [-0.4, -0.2) is 30.1 Å². The normalized spacial score (nSPS) is 11.2. The topological polar surface area (TPSA) is 99.8 Å². The zero-order valence-corrected chi connectivity index (χ0v) is 11.2. The highest BCUT2D eigenvalue weighted by atomic mass is 32.2. The Balaban J connectivity index is 2.20. The van der Waals surface area contributed by atoms with Gasteiger partial charge in [0.25, 0.3) is 10.0 Å². The zero-order chi connectivity index (χ0) is 13.7. The molecule has 2 rings (SSSR count). The van der Waals surface area contributed by atoms with Gasteiger partial charge in [0.2, 0.25) is 0 Å². The molecule has 7 nitrogen and oxygen atoms in total. The van der Waals surface area contributed by atoms with Crippen molar-refractivity contribution in [2.75, 3.05) is 16.6 Å². The third kappa shape index (κ3) is 3.44. The van der Waals surface area contributed by atoms with Gasteiger partial charge in [0, 0.05) is 25.0 Å². The molecule has 0 amide bonds. The van der Waals surface area contributed by atoms with Gasteiger partial charge in [-0.3, -0.25) is 9.82 Å². The van der Waals surface area contributed by atoms with Crippen molar-refractivity contribution in [2.45, 2.75) is 18.2 Å². The second-order valence-corrected chi connectivity index (χ2v) is 5.58. The molecule has 0 saturated carbocycles. The van der Waals surface area contributed by atoms with E-state index >= 15 is 0 Å². The number of rotatable bonds is 6. The van der Waals surface area contributed by atoms with Crippen molar-refractivity contribution in [2.24, 2.45) is 0 Å². The van der Waals surface area contributed by atoms with Gasteiger partial charge in [-0.1, -0.05) is 6.92 Å². The fraction of sp³-hybridized carbons (Fsp3) is 0.273. The monoisotopic (exact) mass is 281 g/mol. The molecule has 3 N–H and O–H groups in total. The number of nitrogens with zero attached hydrogens (tertiary/aromatic N) is 2. The van der Waals surface area contributed by atoms with E-state index in [1.54, 1.807) is 0 Å². The summed E-state index contributed by atoms with van der Waals surface area (Å²) in [5, 5.41) is 9.27. The van der Waals surface area contributed by atoms with Crippen LogP contribution >= 0.6 is 0 Å². The molecule has 0 aliphatic heterocycles. The van der Waals surface area contributed by atoms with Crippen LogP contribution in [0.25, 0.3) is 0 Å². The average Bonchev–Trinajstić information content (AvgIpc) is 2.89. The van der Waals surface area contributed by atoms with E-state index in [2.05, 4.69) is 25.2 Å². The van der Waals surface area contributed by atoms with Gasteiger partial charge in [-0.2, -0.15) is 5.10 Å². The molecule has 0 unspecified atom stereocenters. The number of H-pyrrole nitrogens is 1. The van der Waals surface area contributed by atoms with Gasteiger partial charge in [0.05, 0.1) is 16.8 Å². The number of hydrogen-bond acceptors (Lipinski definition) is 5. The van der Waals surface area contributed by atoms with Gasteiger partial charge in [0.1, 0.15) is 5.82 Å². The first-order chi connectivity index (χ1) is 9.12. The van der Waals surface area contributed by atoms with Crippen molar-refractivity contribution in [1.29, 1.82) is 0 Å². The summed E-state index contributed by atoms with van der Waals surface area (Å²) >= 11 is 0. The lowest BCUT2D eigenvalue weighted by atomic mass is 10.4. The minimum Gasteiger partial charge on any atom is -0.370 e. The number of nitrogens with one attached hydrogen (secondary N) is 3. The van der Waals surface area contributed by atoms with E-state index in [1.165, 1.54) is 30.7 Å². The number of aromatic nitrogens is 3. The minimum atomic E-state index is -3.62. The van der Waals surface area contributed by atoms with Crippen LogP contribution in [0.3, 0.4) is 0 Å². The molecule has 0 spiro atoms. The van der Waals surface area contributed by atoms with E-state index in [0.29, 0.717) is 11.5 Å². The summed E-state index contributed by atoms with van der Waals surface area (Å²) < 4.78 is 26.7. The van der Waals surface area contributed by atoms with Crippen LogP contribution in [0.1, 0.15) is 13.3 Å². The minimum absolute atomic E-state index is 0.155. The Morgan fingerprint density at radius 2 is 2.26 bits per heavy atom. The number of pyridine rings is 1. The third-order valence-electron chi connectivity index (χ3n) is 2.35.